The van der Waals surface area contributed by atoms with Gasteiger partial charge in [-0.05, 0) is 43.5 Å². The molecule has 8 nitrogen and oxygen atoms in total. The van der Waals surface area contributed by atoms with E-state index in [1.54, 1.807) is 47.6 Å². The van der Waals surface area contributed by atoms with E-state index in [9.17, 15) is 13.2 Å². The summed E-state index contributed by atoms with van der Waals surface area (Å²) >= 11 is 0. The van der Waals surface area contributed by atoms with Crippen LogP contribution in [0.1, 0.15) is 19.3 Å². The number of hydrogen-bond donors (Lipinski definition) is 2. The highest BCUT2D eigenvalue weighted by Crippen LogP contribution is 2.34. The molecule has 1 saturated heterocycles. The summed E-state index contributed by atoms with van der Waals surface area (Å²) in [5.74, 6) is -0.304. The van der Waals surface area contributed by atoms with E-state index in [1.807, 2.05) is 0 Å². The van der Waals surface area contributed by atoms with Crippen LogP contribution in [0.4, 0.5) is 0 Å². The number of nitrogens with zero attached hydrogens (tertiary/aromatic N) is 3. The predicted octanol–water partition coefficient (Wildman–Crippen LogP) is 0.971. The highest BCUT2D eigenvalue weighted by Gasteiger charge is 2.47. The third kappa shape index (κ3) is 3.76. The van der Waals surface area contributed by atoms with Gasteiger partial charge in [0.25, 0.3) is 0 Å². The van der Waals surface area contributed by atoms with E-state index in [-0.39, 0.29) is 36.2 Å². The molecule has 2 atom stereocenters. The van der Waals surface area contributed by atoms with Crippen molar-refractivity contribution in [3.63, 3.8) is 0 Å². The summed E-state index contributed by atoms with van der Waals surface area (Å²) in [5.41, 5.74) is 0.0679. The van der Waals surface area contributed by atoms with Gasteiger partial charge in [-0.3, -0.25) is 4.79 Å². The SMILES string of the molecule is Cl.N#CC1(NC(=O)[C@@H]2C[C@@H](S(=O)(=O)c3ccc(-n4ccnc4)cc3)CN2)CC1. The number of carbonyl (C=O) groups is 1. The summed E-state index contributed by atoms with van der Waals surface area (Å²) in [4.78, 5) is 16.5. The highest BCUT2D eigenvalue weighted by molar-refractivity contribution is 7.92. The quantitative estimate of drug-likeness (QED) is 0.742. The molecule has 1 aromatic heterocycles. The minimum Gasteiger partial charge on any atom is -0.336 e. The minimum absolute atomic E-state index is 0. The van der Waals surface area contributed by atoms with E-state index in [4.69, 9.17) is 5.26 Å². The molecule has 10 heteroatoms. The standard InChI is InChI=1S/C18H19N5O3S.ClH/c19-11-18(5-6-18)22-17(24)16-9-15(10-21-16)27(25,26)14-3-1-13(2-4-14)23-8-7-20-12-23;/h1-4,7-8,12,15-16,21H,5-6,9-10H2,(H,22,24);1H/t15-,16+;/m1./s1. The van der Waals surface area contributed by atoms with Gasteiger partial charge in [0.1, 0.15) is 5.54 Å². The van der Waals surface area contributed by atoms with Gasteiger partial charge in [0.15, 0.2) is 9.84 Å². The van der Waals surface area contributed by atoms with Gasteiger partial charge in [-0.1, -0.05) is 0 Å². The van der Waals surface area contributed by atoms with E-state index in [1.165, 1.54) is 0 Å². The van der Waals surface area contributed by atoms with Crippen LogP contribution in [0.5, 0.6) is 0 Å². The van der Waals surface area contributed by atoms with Crippen molar-refractivity contribution in [2.75, 3.05) is 6.54 Å². The molecule has 1 aromatic carbocycles. The molecule has 0 spiro atoms. The van der Waals surface area contributed by atoms with Crippen molar-refractivity contribution in [2.45, 2.75) is 41.0 Å². The van der Waals surface area contributed by atoms with Crippen molar-refractivity contribution in [3.8, 4) is 11.8 Å². The van der Waals surface area contributed by atoms with Gasteiger partial charge < -0.3 is 15.2 Å². The van der Waals surface area contributed by atoms with Gasteiger partial charge in [-0.2, -0.15) is 5.26 Å². The molecule has 4 rings (SSSR count). The fourth-order valence-corrected chi connectivity index (χ4v) is 4.93. The largest absolute Gasteiger partial charge is 0.336 e. The number of hydrogen-bond acceptors (Lipinski definition) is 6. The Labute approximate surface area is 169 Å². The molecule has 1 amide bonds. The van der Waals surface area contributed by atoms with Gasteiger partial charge in [0.05, 0.1) is 28.6 Å². The second kappa shape index (κ2) is 7.54. The van der Waals surface area contributed by atoms with E-state index in [2.05, 4.69) is 21.7 Å². The maximum absolute atomic E-state index is 12.9. The lowest BCUT2D eigenvalue weighted by molar-refractivity contribution is -0.123. The zero-order valence-corrected chi connectivity index (χ0v) is 16.5. The van der Waals surface area contributed by atoms with Crippen LogP contribution in [0, 0.1) is 11.3 Å². The number of carbonyl (C=O) groups excluding carboxylic acids is 1. The number of aromatic nitrogens is 2. The van der Waals surface area contributed by atoms with E-state index in [0.29, 0.717) is 12.8 Å². The number of halogens is 1. The molecule has 28 heavy (non-hydrogen) atoms. The molecular formula is C18H20ClN5O3S. The molecule has 2 aromatic rings. The molecule has 2 heterocycles. The molecule has 2 fully saturated rings. The number of nitrogens with one attached hydrogen (secondary N) is 2. The van der Waals surface area contributed by atoms with E-state index in [0.717, 1.165) is 5.69 Å². The summed E-state index contributed by atoms with van der Waals surface area (Å²) in [5, 5.41) is 14.1. The second-order valence-corrected chi connectivity index (χ2v) is 9.24. The normalized spacial score (nSPS) is 22.7. The third-order valence-corrected chi connectivity index (χ3v) is 7.31. The minimum atomic E-state index is -3.56. The third-order valence-electron chi connectivity index (χ3n) is 5.14. The second-order valence-electron chi connectivity index (χ2n) is 7.01. The van der Waals surface area contributed by atoms with Crippen LogP contribution < -0.4 is 10.6 Å². The smallest absolute Gasteiger partial charge is 0.238 e. The van der Waals surface area contributed by atoms with E-state index >= 15 is 0 Å². The van der Waals surface area contributed by atoms with Gasteiger partial charge in [-0.25, -0.2) is 13.4 Å². The van der Waals surface area contributed by atoms with Gasteiger partial charge >= 0.3 is 0 Å². The van der Waals surface area contributed by atoms with Crippen LogP contribution >= 0.6 is 12.4 Å². The van der Waals surface area contributed by atoms with Crippen LogP contribution in [-0.2, 0) is 14.6 Å². The highest BCUT2D eigenvalue weighted by atomic mass is 35.5. The van der Waals surface area contributed by atoms with Crippen LogP contribution in [0.15, 0.2) is 47.9 Å². The van der Waals surface area contributed by atoms with Crippen molar-refractivity contribution in [1.82, 2.24) is 20.2 Å². The molecule has 1 aliphatic carbocycles. The number of rotatable bonds is 5. The van der Waals surface area contributed by atoms with Crippen molar-refractivity contribution in [1.29, 1.82) is 5.26 Å². The fourth-order valence-electron chi connectivity index (χ4n) is 3.26. The van der Waals surface area contributed by atoms with Crippen molar-refractivity contribution >= 4 is 28.2 Å². The van der Waals surface area contributed by atoms with Gasteiger partial charge in [0.2, 0.25) is 5.91 Å². The fraction of sp³-hybridized carbons (Fsp3) is 0.389. The first-order valence-electron chi connectivity index (χ1n) is 8.72. The Hall–Kier alpha value is -2.41. The molecule has 2 N–H and O–H groups in total. The Morgan fingerprint density at radius 2 is 2.04 bits per heavy atom. The molecule has 0 bridgehead atoms. The average molecular weight is 422 g/mol. The van der Waals surface area contributed by atoms with Crippen molar-refractivity contribution < 1.29 is 13.2 Å². The predicted molar refractivity (Wildman–Crippen MR) is 104 cm³/mol. The molecule has 2 aliphatic rings. The van der Waals surface area contributed by atoms with Crippen LogP contribution in [0.2, 0.25) is 0 Å². The average Bonchev–Trinajstić information content (AvgIpc) is 3.10. The lowest BCUT2D eigenvalue weighted by Gasteiger charge is -2.14. The van der Waals surface area contributed by atoms with Crippen LogP contribution in [-0.4, -0.2) is 47.3 Å². The first-order chi connectivity index (χ1) is 12.9. The van der Waals surface area contributed by atoms with E-state index < -0.39 is 26.7 Å². The molecule has 1 aliphatic heterocycles. The summed E-state index contributed by atoms with van der Waals surface area (Å²) < 4.78 is 27.6. The number of sulfone groups is 1. The lowest BCUT2D eigenvalue weighted by Crippen LogP contribution is -2.45. The van der Waals surface area contributed by atoms with Crippen LogP contribution in [0.3, 0.4) is 0 Å². The molecule has 148 valence electrons. The summed E-state index contributed by atoms with van der Waals surface area (Å²) in [6.07, 6.45) is 6.56. The van der Waals surface area contributed by atoms with Crippen LogP contribution in [0.25, 0.3) is 5.69 Å². The molecule has 0 unspecified atom stereocenters. The van der Waals surface area contributed by atoms with Gasteiger partial charge in [-0.15, -0.1) is 12.4 Å². The topological polar surface area (TPSA) is 117 Å². The van der Waals surface area contributed by atoms with Crippen molar-refractivity contribution in [2.24, 2.45) is 0 Å². The summed E-state index contributed by atoms with van der Waals surface area (Å²) in [7, 11) is -3.56. The first-order valence-corrected chi connectivity index (χ1v) is 10.3. The zero-order valence-electron chi connectivity index (χ0n) is 14.9. The maximum Gasteiger partial charge on any atom is 0.238 e. The molecular weight excluding hydrogens is 402 g/mol. The molecule has 0 radical (unpaired) electrons. The first kappa shape index (κ1) is 20.3. The Morgan fingerprint density at radius 3 is 2.61 bits per heavy atom. The number of benzene rings is 1. The lowest BCUT2D eigenvalue weighted by atomic mass is 10.2. The Bertz CT molecular complexity index is 995. The number of imidazole rings is 1. The zero-order chi connectivity index (χ0) is 19.1. The van der Waals surface area contributed by atoms with Crippen molar-refractivity contribution in [3.05, 3.63) is 43.0 Å². The van der Waals surface area contributed by atoms with Gasteiger partial charge in [0, 0.05) is 24.6 Å². The Morgan fingerprint density at radius 1 is 1.32 bits per heavy atom. The molecule has 1 saturated carbocycles. The summed E-state index contributed by atoms with van der Waals surface area (Å²) in [6.45, 7) is 0.212. The maximum atomic E-state index is 12.9. The number of amides is 1. The Balaban J connectivity index is 0.00000225. The Kier molecular flexibility index (Phi) is 5.48. The monoisotopic (exact) mass is 421 g/mol. The number of nitriles is 1. The summed E-state index contributed by atoms with van der Waals surface area (Å²) in [6, 6.07) is 8.12.